The van der Waals surface area contributed by atoms with Crippen molar-refractivity contribution < 1.29 is 28.7 Å². The number of amides is 2. The van der Waals surface area contributed by atoms with E-state index in [9.17, 15) is 19.2 Å². The van der Waals surface area contributed by atoms with Gasteiger partial charge in [0.15, 0.2) is 0 Å². The number of nitrogens with one attached hydrogen (secondary N) is 2. The lowest BCUT2D eigenvalue weighted by Crippen LogP contribution is -2.16. The second kappa shape index (κ2) is 10.7. The van der Waals surface area contributed by atoms with Crippen LogP contribution in [0, 0.1) is 6.92 Å². The Morgan fingerprint density at radius 3 is 2.18 bits per heavy atom. The van der Waals surface area contributed by atoms with Crippen molar-refractivity contribution in [2.75, 3.05) is 24.9 Å². The highest BCUT2D eigenvalue weighted by Crippen LogP contribution is 2.35. The van der Waals surface area contributed by atoms with Gasteiger partial charge in [-0.05, 0) is 42.8 Å². The zero-order chi connectivity index (χ0) is 25.0. The molecule has 2 N–H and O–H groups in total. The molecule has 0 aliphatic carbocycles. The van der Waals surface area contributed by atoms with Crippen LogP contribution in [0.1, 0.15) is 46.3 Å². The van der Waals surface area contributed by atoms with E-state index in [2.05, 4.69) is 10.6 Å². The number of carbonyl (C=O) groups is 4. The van der Waals surface area contributed by atoms with Gasteiger partial charge in [0.25, 0.3) is 11.8 Å². The summed E-state index contributed by atoms with van der Waals surface area (Å²) in [7, 11) is 2.42. The summed E-state index contributed by atoms with van der Waals surface area (Å²) in [6.45, 7) is 1.55. The third-order valence-electron chi connectivity index (χ3n) is 4.73. The third-order valence-corrected chi connectivity index (χ3v) is 6.48. The predicted octanol–water partition coefficient (Wildman–Crippen LogP) is 5.44. The molecule has 11 heteroatoms. The maximum absolute atomic E-state index is 13.1. The Morgan fingerprint density at radius 2 is 1.53 bits per heavy atom. The molecule has 1 heterocycles. The van der Waals surface area contributed by atoms with Crippen LogP contribution in [-0.4, -0.2) is 38.0 Å². The Bertz CT molecular complexity index is 1300. The molecule has 3 rings (SSSR count). The molecule has 0 fully saturated rings. The van der Waals surface area contributed by atoms with Gasteiger partial charge in [-0.1, -0.05) is 35.3 Å². The fourth-order valence-corrected chi connectivity index (χ4v) is 4.65. The van der Waals surface area contributed by atoms with Crippen LogP contribution in [0.25, 0.3) is 0 Å². The maximum Gasteiger partial charge on any atom is 0.341 e. The zero-order valence-corrected chi connectivity index (χ0v) is 20.5. The lowest BCUT2D eigenvalue weighted by atomic mass is 10.1. The number of anilines is 2. The number of ether oxygens (including phenoxy) is 2. The molecular formula is C23H18Cl2N2O6S. The second-order valence-electron chi connectivity index (χ2n) is 6.82. The molecule has 0 atom stereocenters. The Balaban J connectivity index is 1.97. The van der Waals surface area contributed by atoms with Gasteiger partial charge in [-0.25, -0.2) is 9.59 Å². The lowest BCUT2D eigenvalue weighted by Gasteiger charge is -2.09. The van der Waals surface area contributed by atoms with E-state index in [0.717, 1.165) is 11.3 Å². The Labute approximate surface area is 208 Å². The van der Waals surface area contributed by atoms with Crippen molar-refractivity contribution in [2.24, 2.45) is 0 Å². The molecule has 0 bridgehead atoms. The van der Waals surface area contributed by atoms with Crippen LogP contribution in [0.3, 0.4) is 0 Å². The summed E-state index contributed by atoms with van der Waals surface area (Å²) in [5, 5.41) is 5.85. The number of carbonyl (C=O) groups excluding carboxylic acids is 4. The molecule has 8 nitrogen and oxygen atoms in total. The van der Waals surface area contributed by atoms with Gasteiger partial charge in [0.1, 0.15) is 5.00 Å². The van der Waals surface area contributed by atoms with Crippen molar-refractivity contribution in [1.82, 2.24) is 0 Å². The number of methoxy groups -OCH3 is 2. The van der Waals surface area contributed by atoms with Crippen LogP contribution >= 0.6 is 34.5 Å². The van der Waals surface area contributed by atoms with E-state index in [1.807, 2.05) is 0 Å². The minimum atomic E-state index is -0.736. The van der Waals surface area contributed by atoms with E-state index >= 15 is 0 Å². The number of thiophene rings is 1. The quantitative estimate of drug-likeness (QED) is 0.418. The molecule has 34 heavy (non-hydrogen) atoms. The summed E-state index contributed by atoms with van der Waals surface area (Å²) in [6, 6.07) is 10.7. The molecule has 1 aromatic heterocycles. The zero-order valence-electron chi connectivity index (χ0n) is 18.2. The Morgan fingerprint density at radius 1 is 0.853 bits per heavy atom. The first-order valence-corrected chi connectivity index (χ1v) is 11.2. The number of hydrogen-bond donors (Lipinski definition) is 2. The molecular weight excluding hydrogens is 503 g/mol. The predicted molar refractivity (Wildman–Crippen MR) is 131 cm³/mol. The van der Waals surface area contributed by atoms with Crippen molar-refractivity contribution in [3.8, 4) is 0 Å². The van der Waals surface area contributed by atoms with Gasteiger partial charge in [0.05, 0.1) is 46.5 Å². The summed E-state index contributed by atoms with van der Waals surface area (Å²) in [6.07, 6.45) is 0. The average Bonchev–Trinajstić information content (AvgIpc) is 3.13. The summed E-state index contributed by atoms with van der Waals surface area (Å²) in [4.78, 5) is 50.5. The van der Waals surface area contributed by atoms with Crippen LogP contribution < -0.4 is 10.6 Å². The van der Waals surface area contributed by atoms with Crippen LogP contribution in [0.15, 0.2) is 42.5 Å². The minimum Gasteiger partial charge on any atom is -0.465 e. The van der Waals surface area contributed by atoms with E-state index in [1.54, 1.807) is 25.1 Å². The smallest absolute Gasteiger partial charge is 0.341 e. The second-order valence-corrected chi connectivity index (χ2v) is 8.69. The van der Waals surface area contributed by atoms with Crippen molar-refractivity contribution in [3.63, 3.8) is 0 Å². The first-order valence-electron chi connectivity index (χ1n) is 9.64. The molecule has 0 unspecified atom stereocenters. The van der Waals surface area contributed by atoms with Gasteiger partial charge in [-0.15, -0.1) is 11.3 Å². The topological polar surface area (TPSA) is 111 Å². The normalized spacial score (nSPS) is 10.4. The lowest BCUT2D eigenvalue weighted by molar-refractivity contribution is 0.0592. The van der Waals surface area contributed by atoms with Crippen LogP contribution in [-0.2, 0) is 9.47 Å². The van der Waals surface area contributed by atoms with Crippen molar-refractivity contribution in [3.05, 3.63) is 79.6 Å². The summed E-state index contributed by atoms with van der Waals surface area (Å²) in [5.74, 6) is -2.55. The molecule has 0 saturated carbocycles. The van der Waals surface area contributed by atoms with Crippen molar-refractivity contribution >= 4 is 69.0 Å². The number of rotatable bonds is 6. The molecule has 0 spiro atoms. The Hall–Kier alpha value is -3.40. The highest BCUT2D eigenvalue weighted by molar-refractivity contribution is 7.19. The molecule has 0 radical (unpaired) electrons. The largest absolute Gasteiger partial charge is 0.465 e. The average molecular weight is 521 g/mol. The fraction of sp³-hybridized carbons (Fsp3) is 0.130. The maximum atomic E-state index is 13.1. The summed E-state index contributed by atoms with van der Waals surface area (Å²) >= 11 is 12.9. The van der Waals surface area contributed by atoms with E-state index in [4.69, 9.17) is 32.7 Å². The standard InChI is InChI=1S/C23H18Cl2N2O6S/c1-11-17(23(31)33-3)21(27-19(28)13-9-8-12(24)10-15(13)25)34-18(11)20(29)26-16-7-5-4-6-14(16)22(30)32-2/h4-10H,1-3H3,(H,26,29)(H,27,28). The van der Waals surface area contributed by atoms with Crippen LogP contribution in [0.4, 0.5) is 10.7 Å². The number of halogens is 2. The Kier molecular flexibility index (Phi) is 7.93. The van der Waals surface area contributed by atoms with Gasteiger partial charge < -0.3 is 20.1 Å². The molecule has 0 saturated heterocycles. The number of para-hydroxylation sites is 1. The first-order chi connectivity index (χ1) is 16.2. The van der Waals surface area contributed by atoms with Gasteiger partial charge in [0, 0.05) is 5.02 Å². The summed E-state index contributed by atoms with van der Waals surface area (Å²) < 4.78 is 9.59. The molecule has 2 amide bonds. The molecule has 3 aromatic rings. The van der Waals surface area contributed by atoms with Gasteiger partial charge in [-0.3, -0.25) is 9.59 Å². The molecule has 0 aliphatic heterocycles. The highest BCUT2D eigenvalue weighted by Gasteiger charge is 2.27. The minimum absolute atomic E-state index is 0.0253. The molecule has 0 aliphatic rings. The van der Waals surface area contributed by atoms with Crippen molar-refractivity contribution in [1.29, 1.82) is 0 Å². The monoisotopic (exact) mass is 520 g/mol. The number of benzene rings is 2. The number of hydrogen-bond acceptors (Lipinski definition) is 7. The summed E-state index contributed by atoms with van der Waals surface area (Å²) in [5.41, 5.74) is 0.836. The number of esters is 2. The van der Waals surface area contributed by atoms with Gasteiger partial charge in [-0.2, -0.15) is 0 Å². The third kappa shape index (κ3) is 5.22. The fourth-order valence-electron chi connectivity index (χ4n) is 3.07. The van der Waals surface area contributed by atoms with E-state index in [-0.39, 0.29) is 37.3 Å². The van der Waals surface area contributed by atoms with Gasteiger partial charge in [0.2, 0.25) is 0 Å². The van der Waals surface area contributed by atoms with E-state index in [0.29, 0.717) is 10.6 Å². The molecule has 2 aromatic carbocycles. The van der Waals surface area contributed by atoms with Crippen LogP contribution in [0.5, 0.6) is 0 Å². The van der Waals surface area contributed by atoms with E-state index < -0.39 is 23.8 Å². The SMILES string of the molecule is COC(=O)c1ccccc1NC(=O)c1sc(NC(=O)c2ccc(Cl)cc2Cl)c(C(=O)OC)c1C. The highest BCUT2D eigenvalue weighted by atomic mass is 35.5. The van der Waals surface area contributed by atoms with Crippen LogP contribution in [0.2, 0.25) is 10.0 Å². The van der Waals surface area contributed by atoms with Crippen molar-refractivity contribution in [2.45, 2.75) is 6.92 Å². The first kappa shape index (κ1) is 25.2. The molecule has 176 valence electrons. The van der Waals surface area contributed by atoms with Gasteiger partial charge >= 0.3 is 11.9 Å². The van der Waals surface area contributed by atoms with E-state index in [1.165, 1.54) is 38.5 Å².